The lowest BCUT2D eigenvalue weighted by atomic mass is 9.42. The number of rotatable bonds is 2. The highest BCUT2D eigenvalue weighted by atomic mass is 15.2. The summed E-state index contributed by atoms with van der Waals surface area (Å²) in [5, 5.41) is 0. The molecular formula is C59H57BN2. The van der Waals surface area contributed by atoms with Gasteiger partial charge in [0.25, 0.3) is 0 Å². The smallest absolute Gasteiger partial charge is 0.333 e. The molecule has 0 aromatic heterocycles. The highest BCUT2D eigenvalue weighted by Gasteiger charge is 2.52. The molecule has 0 fully saturated rings. The van der Waals surface area contributed by atoms with Crippen LogP contribution in [0.2, 0.25) is 0 Å². The first-order valence-electron chi connectivity index (χ1n) is 23.0. The summed E-state index contributed by atoms with van der Waals surface area (Å²) in [4.78, 5) is 5.49. The van der Waals surface area contributed by atoms with Gasteiger partial charge in [0, 0.05) is 39.1 Å². The zero-order valence-corrected chi connectivity index (χ0v) is 38.4. The molecule has 7 aromatic rings. The normalized spacial score (nSPS) is 18.2. The summed E-state index contributed by atoms with van der Waals surface area (Å²) in [5.74, 6) is 0. The monoisotopic (exact) mass is 804 g/mol. The summed E-state index contributed by atoms with van der Waals surface area (Å²) in [5.41, 5.74) is 29.7. The quantitative estimate of drug-likeness (QED) is 0.161. The molecule has 2 aliphatic carbocycles. The Morgan fingerprint density at radius 1 is 0.484 bits per heavy atom. The van der Waals surface area contributed by atoms with Crippen molar-refractivity contribution < 1.29 is 0 Å². The molecular weight excluding hydrogens is 747 g/mol. The van der Waals surface area contributed by atoms with Gasteiger partial charge in [-0.1, -0.05) is 152 Å². The van der Waals surface area contributed by atoms with Gasteiger partial charge in [-0.2, -0.15) is 0 Å². The molecule has 12 rings (SSSR count). The summed E-state index contributed by atoms with van der Waals surface area (Å²) in [6.07, 6.45) is 2.38. The largest absolute Gasteiger partial charge is 0.376 e. The lowest BCUT2D eigenvalue weighted by Gasteiger charge is -2.51. The van der Waals surface area contributed by atoms with E-state index in [0.29, 0.717) is 0 Å². The van der Waals surface area contributed by atoms with Gasteiger partial charge >= 0.3 is 6.85 Å². The molecule has 0 amide bonds. The summed E-state index contributed by atoms with van der Waals surface area (Å²) < 4.78 is 0. The van der Waals surface area contributed by atoms with E-state index in [2.05, 4.69) is 207 Å². The Morgan fingerprint density at radius 2 is 1.15 bits per heavy atom. The zero-order chi connectivity index (χ0) is 43.0. The van der Waals surface area contributed by atoms with Crippen LogP contribution in [-0.4, -0.2) is 6.85 Å². The van der Waals surface area contributed by atoms with Crippen LogP contribution in [0.5, 0.6) is 0 Å². The Balaban J connectivity index is 1.26. The first kappa shape index (κ1) is 37.9. The van der Waals surface area contributed by atoms with Crippen molar-refractivity contribution in [2.75, 3.05) is 9.71 Å². The van der Waals surface area contributed by atoms with Crippen molar-refractivity contribution in [1.29, 1.82) is 0 Å². The van der Waals surface area contributed by atoms with Crippen LogP contribution in [0.1, 0.15) is 118 Å². The number of hydrogen-bond donors (Lipinski definition) is 0. The van der Waals surface area contributed by atoms with Crippen molar-refractivity contribution in [3.05, 3.63) is 171 Å². The summed E-state index contributed by atoms with van der Waals surface area (Å²) in [6.45, 7) is 26.4. The summed E-state index contributed by atoms with van der Waals surface area (Å²) in [6, 6.07) is 48.0. The van der Waals surface area contributed by atoms with Crippen LogP contribution >= 0.6 is 0 Å². The van der Waals surface area contributed by atoms with Crippen molar-refractivity contribution in [3.8, 4) is 33.4 Å². The number of benzene rings is 7. The average molecular weight is 805 g/mol. The van der Waals surface area contributed by atoms with E-state index in [1.165, 1.54) is 136 Å². The molecule has 2 nitrogen and oxygen atoms in total. The van der Waals surface area contributed by atoms with Gasteiger partial charge in [-0.15, -0.1) is 0 Å². The van der Waals surface area contributed by atoms with Gasteiger partial charge in [-0.25, -0.2) is 0 Å². The van der Waals surface area contributed by atoms with Gasteiger partial charge in [0.1, 0.15) is 0 Å². The standard InChI is InChI=1S/C59H57BN2/c1-34-29-35(2)51(36(3)30-34)37-31-42-41-25-24-40-39-17-12-13-18-43(39)59(10,11)52(40)54(41)62(38-23-26-44-47(33-38)57(6,7)28-27-56(44,4)5)60-48-21-16-20-46-55(48)61(50(32-37)53(42)60)49-22-15-14-19-45(49)58(46,8)9/h12-26,29-33H,27-28H2,1-11H3. The lowest BCUT2D eigenvalue weighted by molar-refractivity contribution is 0.332. The number of hydrogen-bond acceptors (Lipinski definition) is 2. The minimum Gasteiger partial charge on any atom is -0.376 e. The molecule has 3 heteroatoms. The second-order valence-corrected chi connectivity index (χ2v) is 21.8. The zero-order valence-electron chi connectivity index (χ0n) is 38.4. The molecule has 5 aliphatic rings. The predicted octanol–water partition coefficient (Wildman–Crippen LogP) is 14.3. The van der Waals surface area contributed by atoms with Crippen LogP contribution in [0.4, 0.5) is 28.4 Å². The Bertz CT molecular complexity index is 3120. The topological polar surface area (TPSA) is 6.48 Å². The number of aryl methyl sites for hydroxylation is 3. The van der Waals surface area contributed by atoms with Crippen LogP contribution in [-0.2, 0) is 21.7 Å². The third kappa shape index (κ3) is 4.78. The van der Waals surface area contributed by atoms with E-state index in [9.17, 15) is 0 Å². The van der Waals surface area contributed by atoms with Crippen molar-refractivity contribution in [3.63, 3.8) is 0 Å². The Hall–Kier alpha value is -5.80. The van der Waals surface area contributed by atoms with E-state index in [4.69, 9.17) is 0 Å². The van der Waals surface area contributed by atoms with Crippen molar-refractivity contribution in [2.24, 2.45) is 0 Å². The third-order valence-corrected chi connectivity index (χ3v) is 16.3. The highest BCUT2D eigenvalue weighted by Crippen LogP contribution is 2.60. The maximum absolute atomic E-state index is 2.83. The minimum absolute atomic E-state index is 0.0576. The Morgan fingerprint density at radius 3 is 1.90 bits per heavy atom. The maximum atomic E-state index is 2.83. The highest BCUT2D eigenvalue weighted by molar-refractivity contribution is 6.93. The van der Waals surface area contributed by atoms with Gasteiger partial charge < -0.3 is 9.71 Å². The first-order valence-corrected chi connectivity index (χ1v) is 23.0. The van der Waals surface area contributed by atoms with E-state index >= 15 is 0 Å². The van der Waals surface area contributed by atoms with E-state index in [0.717, 1.165) is 0 Å². The molecule has 7 aromatic carbocycles. The lowest BCUT2D eigenvalue weighted by Crippen LogP contribution is -2.63. The number of fused-ring (bicyclic) bond motifs is 11. The molecule has 0 saturated heterocycles. The minimum atomic E-state index is -0.217. The van der Waals surface area contributed by atoms with E-state index in [1.807, 2.05) is 0 Å². The third-order valence-electron chi connectivity index (χ3n) is 16.3. The van der Waals surface area contributed by atoms with Gasteiger partial charge in [0.2, 0.25) is 0 Å². The van der Waals surface area contributed by atoms with E-state index in [-0.39, 0.29) is 28.5 Å². The molecule has 0 spiro atoms. The van der Waals surface area contributed by atoms with Crippen LogP contribution in [0.3, 0.4) is 0 Å². The number of nitrogens with zero attached hydrogens (tertiary/aromatic N) is 2. The molecule has 0 radical (unpaired) electrons. The van der Waals surface area contributed by atoms with Crippen LogP contribution in [0, 0.1) is 20.8 Å². The van der Waals surface area contributed by atoms with Crippen molar-refractivity contribution >= 4 is 46.2 Å². The van der Waals surface area contributed by atoms with E-state index in [1.54, 1.807) is 0 Å². The summed E-state index contributed by atoms with van der Waals surface area (Å²) in [7, 11) is 0. The fraction of sp³-hybridized carbons (Fsp3) is 0.288. The predicted molar refractivity (Wildman–Crippen MR) is 265 cm³/mol. The van der Waals surface area contributed by atoms with Crippen LogP contribution in [0.25, 0.3) is 33.4 Å². The first-order chi connectivity index (χ1) is 29.5. The molecule has 0 atom stereocenters. The molecule has 0 saturated carbocycles. The fourth-order valence-electron chi connectivity index (χ4n) is 13.2. The van der Waals surface area contributed by atoms with Crippen LogP contribution in [0.15, 0.2) is 121 Å². The van der Waals surface area contributed by atoms with Gasteiger partial charge in [-0.05, 0) is 158 Å². The molecule has 0 unspecified atom stereocenters. The van der Waals surface area contributed by atoms with Crippen molar-refractivity contribution in [1.82, 2.24) is 0 Å². The fourth-order valence-corrected chi connectivity index (χ4v) is 13.2. The molecule has 3 aliphatic heterocycles. The molecule has 62 heavy (non-hydrogen) atoms. The number of anilines is 5. The molecule has 306 valence electrons. The van der Waals surface area contributed by atoms with E-state index < -0.39 is 0 Å². The molecule has 0 bridgehead atoms. The van der Waals surface area contributed by atoms with Gasteiger partial charge in [0.15, 0.2) is 0 Å². The summed E-state index contributed by atoms with van der Waals surface area (Å²) >= 11 is 0. The maximum Gasteiger partial charge on any atom is 0.333 e. The average Bonchev–Trinajstić information content (AvgIpc) is 3.47. The van der Waals surface area contributed by atoms with Gasteiger partial charge in [0.05, 0.1) is 5.69 Å². The van der Waals surface area contributed by atoms with Gasteiger partial charge in [-0.3, -0.25) is 0 Å². The SMILES string of the molecule is Cc1cc(C)c(-c2cc3c4c(c2)N2c5ccccc5C(C)(C)c5cccc(c52)B4N(c2ccc4c(c2)C(C)(C)CCC4(C)C)c2c-3ccc3c2C(C)(C)c2ccccc2-3)c(C)c1. The second-order valence-electron chi connectivity index (χ2n) is 21.8. The second kappa shape index (κ2) is 12.2. The molecule has 0 N–H and O–H groups in total. The van der Waals surface area contributed by atoms with Crippen LogP contribution < -0.4 is 20.6 Å². The molecule has 3 heterocycles. The Kier molecular flexibility index (Phi) is 7.48. The van der Waals surface area contributed by atoms with Crippen molar-refractivity contribution in [2.45, 2.75) is 111 Å². The Labute approximate surface area is 369 Å². The number of para-hydroxylation sites is 2.